The Bertz CT molecular complexity index is 1840. The molecule has 0 aliphatic carbocycles. The Balaban J connectivity index is 1.65. The van der Waals surface area contributed by atoms with Crippen LogP contribution in [0.3, 0.4) is 0 Å². The van der Waals surface area contributed by atoms with Gasteiger partial charge in [0.05, 0.1) is 24.1 Å². The predicted molar refractivity (Wildman–Crippen MR) is 178 cm³/mol. The van der Waals surface area contributed by atoms with Gasteiger partial charge in [0.15, 0.2) is 0 Å². The molecule has 0 bridgehead atoms. The highest BCUT2D eigenvalue weighted by molar-refractivity contribution is 9.10. The van der Waals surface area contributed by atoms with Crippen molar-refractivity contribution in [3.63, 3.8) is 0 Å². The van der Waals surface area contributed by atoms with Crippen molar-refractivity contribution in [2.45, 2.75) is 35.9 Å². The quantitative estimate of drug-likeness (QED) is 0.181. The molecule has 0 radical (unpaired) electrons. The Morgan fingerprint density at radius 1 is 0.911 bits per heavy atom. The van der Waals surface area contributed by atoms with Crippen molar-refractivity contribution < 1.29 is 22.7 Å². The molecule has 5 rings (SSSR count). The number of halogens is 3. The van der Waals surface area contributed by atoms with Crippen LogP contribution in [-0.2, 0) is 30.8 Å². The minimum absolute atomic E-state index is 0.0112. The Kier molecular flexibility index (Phi) is 10.5. The van der Waals surface area contributed by atoms with Crippen molar-refractivity contribution in [3.8, 4) is 0 Å². The van der Waals surface area contributed by atoms with Crippen LogP contribution in [-0.4, -0.2) is 37.8 Å². The van der Waals surface area contributed by atoms with Gasteiger partial charge in [0.2, 0.25) is 15.9 Å². The van der Waals surface area contributed by atoms with Gasteiger partial charge in [-0.2, -0.15) is 4.31 Å². The van der Waals surface area contributed by atoms with E-state index in [0.717, 1.165) is 15.6 Å². The summed E-state index contributed by atoms with van der Waals surface area (Å²) in [6, 6.07) is 26.5. The second-order valence-corrected chi connectivity index (χ2v) is 14.1. The second kappa shape index (κ2) is 14.3. The van der Waals surface area contributed by atoms with Gasteiger partial charge in [-0.1, -0.05) is 99.8 Å². The zero-order valence-electron chi connectivity index (χ0n) is 24.1. The maximum absolute atomic E-state index is 14.6. The van der Waals surface area contributed by atoms with E-state index < -0.39 is 40.0 Å². The van der Waals surface area contributed by atoms with Crippen molar-refractivity contribution in [1.29, 1.82) is 0 Å². The third-order valence-corrected chi connectivity index (χ3v) is 10.4. The van der Waals surface area contributed by atoms with Crippen molar-refractivity contribution in [3.05, 3.63) is 146 Å². The Labute approximate surface area is 281 Å². The number of methoxy groups -OCH3 is 1. The van der Waals surface area contributed by atoms with Crippen LogP contribution in [0.5, 0.6) is 0 Å². The predicted octanol–water partition coefficient (Wildman–Crippen LogP) is 7.46. The maximum Gasteiger partial charge on any atom is 0.328 e. The van der Waals surface area contributed by atoms with Gasteiger partial charge in [-0.3, -0.25) is 4.79 Å². The maximum atomic E-state index is 14.6. The van der Waals surface area contributed by atoms with E-state index in [4.69, 9.17) is 27.9 Å². The average molecular weight is 728 g/mol. The first-order chi connectivity index (χ1) is 21.6. The topological polar surface area (TPSA) is 92.8 Å². The molecule has 0 fully saturated rings. The number of nitrogens with one attached hydrogen (secondary N) is 1. The second-order valence-electron chi connectivity index (χ2n) is 10.5. The van der Waals surface area contributed by atoms with Gasteiger partial charge < -0.3 is 10.1 Å². The SMILES string of the molecule is COC(=O)[C@H](Cc1ccccc1)NC(=O)C1=CC[C@@H](c2cccc(Br)c2)N(S(=O)(=O)c2ccc(Cl)cc2)[C@H]1c1cccc(Cl)c1. The molecule has 0 saturated carbocycles. The van der Waals surface area contributed by atoms with Crippen molar-refractivity contribution in [2.24, 2.45) is 0 Å². The van der Waals surface area contributed by atoms with E-state index in [1.54, 1.807) is 30.3 Å². The molecule has 3 atom stereocenters. The lowest BCUT2D eigenvalue weighted by molar-refractivity contribution is -0.144. The molecule has 4 aromatic carbocycles. The lowest BCUT2D eigenvalue weighted by atomic mass is 9.88. The molecule has 0 aromatic heterocycles. The molecule has 232 valence electrons. The average Bonchev–Trinajstić information content (AvgIpc) is 3.04. The molecule has 4 aromatic rings. The number of carbonyl (C=O) groups excluding carboxylic acids is 2. The molecule has 1 heterocycles. The molecule has 11 heteroatoms. The molecule has 0 spiro atoms. The lowest BCUT2D eigenvalue weighted by Crippen LogP contribution is -2.48. The smallest absolute Gasteiger partial charge is 0.328 e. The Morgan fingerprint density at radius 3 is 2.27 bits per heavy atom. The van der Waals surface area contributed by atoms with E-state index in [1.807, 2.05) is 54.6 Å². The van der Waals surface area contributed by atoms with E-state index in [1.165, 1.54) is 35.7 Å². The summed E-state index contributed by atoms with van der Waals surface area (Å²) in [4.78, 5) is 27.0. The van der Waals surface area contributed by atoms with Gasteiger partial charge in [-0.15, -0.1) is 0 Å². The first-order valence-corrected chi connectivity index (χ1v) is 17.0. The number of rotatable bonds is 9. The van der Waals surface area contributed by atoms with E-state index in [-0.39, 0.29) is 23.3 Å². The van der Waals surface area contributed by atoms with Gasteiger partial charge >= 0.3 is 5.97 Å². The fourth-order valence-electron chi connectivity index (χ4n) is 5.45. The largest absolute Gasteiger partial charge is 0.467 e. The third kappa shape index (κ3) is 7.51. The van der Waals surface area contributed by atoms with Crippen LogP contribution < -0.4 is 5.32 Å². The van der Waals surface area contributed by atoms with Gasteiger partial charge in [0.1, 0.15) is 6.04 Å². The molecule has 1 aliphatic heterocycles. The van der Waals surface area contributed by atoms with Crippen LogP contribution >= 0.6 is 39.1 Å². The van der Waals surface area contributed by atoms with E-state index >= 15 is 0 Å². The number of amides is 1. The summed E-state index contributed by atoms with van der Waals surface area (Å²) in [5.74, 6) is -1.23. The zero-order chi connectivity index (χ0) is 32.1. The monoisotopic (exact) mass is 726 g/mol. The van der Waals surface area contributed by atoms with Crippen LogP contribution in [0.4, 0.5) is 0 Å². The van der Waals surface area contributed by atoms with E-state index in [2.05, 4.69) is 21.2 Å². The summed E-state index contributed by atoms with van der Waals surface area (Å²) >= 11 is 16.0. The van der Waals surface area contributed by atoms with Crippen molar-refractivity contribution in [2.75, 3.05) is 7.11 Å². The molecule has 1 aliphatic rings. The standard InChI is InChI=1S/C34H29BrCl2N2O5S/c1-44-34(41)30(19-22-7-3-2-4-8-22)38-33(40)29-17-18-31(23-9-5-11-25(35)20-23)39(32(29)24-10-6-12-27(37)21-24)45(42,43)28-15-13-26(36)14-16-28/h2-17,20-21,30-32H,18-19H2,1H3,(H,38,40)/t30-,31-,32-/m0/s1. The van der Waals surface area contributed by atoms with Gasteiger partial charge in [0, 0.05) is 26.5 Å². The number of nitrogens with zero attached hydrogens (tertiary/aromatic N) is 1. The zero-order valence-corrected chi connectivity index (χ0v) is 28.0. The fraction of sp³-hybridized carbons (Fsp3) is 0.176. The lowest BCUT2D eigenvalue weighted by Gasteiger charge is -2.41. The van der Waals surface area contributed by atoms with E-state index in [9.17, 15) is 18.0 Å². The van der Waals surface area contributed by atoms with Gasteiger partial charge in [0.25, 0.3) is 0 Å². The number of sulfonamides is 1. The Hall–Kier alpha value is -3.47. The molecule has 1 amide bonds. The number of benzene rings is 4. The minimum Gasteiger partial charge on any atom is -0.467 e. The minimum atomic E-state index is -4.26. The Morgan fingerprint density at radius 2 is 1.60 bits per heavy atom. The number of esters is 1. The number of hydrogen-bond acceptors (Lipinski definition) is 5. The summed E-state index contributed by atoms with van der Waals surface area (Å²) in [5.41, 5.74) is 2.18. The molecular formula is C34H29BrCl2N2O5S. The highest BCUT2D eigenvalue weighted by Gasteiger charge is 2.45. The summed E-state index contributed by atoms with van der Waals surface area (Å²) < 4.78 is 36.4. The molecule has 0 saturated heterocycles. The van der Waals surface area contributed by atoms with Crippen LogP contribution in [0, 0.1) is 0 Å². The van der Waals surface area contributed by atoms with Crippen LogP contribution in [0.25, 0.3) is 0 Å². The number of hydrogen-bond donors (Lipinski definition) is 1. The van der Waals surface area contributed by atoms with Crippen LogP contribution in [0.1, 0.15) is 35.2 Å². The van der Waals surface area contributed by atoms with Crippen LogP contribution in [0.2, 0.25) is 10.0 Å². The van der Waals surface area contributed by atoms with Crippen molar-refractivity contribution in [1.82, 2.24) is 9.62 Å². The normalized spacial score (nSPS) is 17.6. The summed E-state index contributed by atoms with van der Waals surface area (Å²) in [7, 11) is -3.01. The highest BCUT2D eigenvalue weighted by atomic mass is 79.9. The summed E-state index contributed by atoms with van der Waals surface area (Å²) in [6.45, 7) is 0. The summed E-state index contributed by atoms with van der Waals surface area (Å²) in [5, 5.41) is 3.58. The van der Waals surface area contributed by atoms with Crippen molar-refractivity contribution >= 4 is 61.0 Å². The van der Waals surface area contributed by atoms with E-state index in [0.29, 0.717) is 15.6 Å². The highest BCUT2D eigenvalue weighted by Crippen LogP contribution is 2.46. The molecular weight excluding hydrogens is 699 g/mol. The number of ether oxygens (including phenoxy) is 1. The molecule has 45 heavy (non-hydrogen) atoms. The third-order valence-electron chi connectivity index (χ3n) is 7.54. The van der Waals surface area contributed by atoms with Gasteiger partial charge in [-0.25, -0.2) is 13.2 Å². The first kappa shape index (κ1) is 32.9. The van der Waals surface area contributed by atoms with Crippen LogP contribution in [0.15, 0.2) is 124 Å². The molecule has 0 unspecified atom stereocenters. The first-order valence-electron chi connectivity index (χ1n) is 14.0. The number of carbonyl (C=O) groups is 2. The fourth-order valence-corrected chi connectivity index (χ4v) is 7.97. The van der Waals surface area contributed by atoms with Gasteiger partial charge in [-0.05, 0) is 71.6 Å². The molecule has 1 N–H and O–H groups in total. The summed E-state index contributed by atoms with van der Waals surface area (Å²) in [6.07, 6.45) is 2.10. The molecule has 7 nitrogen and oxygen atoms in total.